The van der Waals surface area contributed by atoms with Gasteiger partial charge < -0.3 is 5.11 Å². The number of nitrogens with zero attached hydrogens (tertiary/aromatic N) is 4. The fourth-order valence-corrected chi connectivity index (χ4v) is 1.38. The van der Waals surface area contributed by atoms with Crippen LogP contribution in [0.5, 0.6) is 0 Å². The van der Waals surface area contributed by atoms with Crippen LogP contribution in [-0.2, 0) is 0 Å². The minimum atomic E-state index is -0.729. The SMILES string of the molecule is Cc1cc2nc(C(C)O)nc(Cl)n2n1. The molecule has 0 bridgehead atoms. The van der Waals surface area contributed by atoms with E-state index in [9.17, 15) is 5.11 Å². The highest BCUT2D eigenvalue weighted by Crippen LogP contribution is 2.14. The number of rotatable bonds is 1. The van der Waals surface area contributed by atoms with E-state index < -0.39 is 6.10 Å². The summed E-state index contributed by atoms with van der Waals surface area (Å²) >= 11 is 5.86. The third-order valence-corrected chi connectivity index (χ3v) is 2.04. The number of hydrogen-bond acceptors (Lipinski definition) is 4. The zero-order valence-electron chi connectivity index (χ0n) is 7.77. The van der Waals surface area contributed by atoms with Crippen molar-refractivity contribution in [3.63, 3.8) is 0 Å². The largest absolute Gasteiger partial charge is 0.385 e. The molecule has 0 aliphatic heterocycles. The predicted octanol–water partition coefficient (Wildman–Crippen LogP) is 1.14. The van der Waals surface area contributed by atoms with Gasteiger partial charge >= 0.3 is 0 Å². The molecule has 2 heterocycles. The van der Waals surface area contributed by atoms with Crippen LogP contribution in [0.4, 0.5) is 0 Å². The average Bonchev–Trinajstić information content (AvgIpc) is 2.45. The smallest absolute Gasteiger partial charge is 0.227 e. The van der Waals surface area contributed by atoms with Gasteiger partial charge in [0.05, 0.1) is 5.69 Å². The van der Waals surface area contributed by atoms with E-state index in [4.69, 9.17) is 11.6 Å². The second-order valence-corrected chi connectivity index (χ2v) is 3.42. The van der Waals surface area contributed by atoms with Crippen molar-refractivity contribution in [2.45, 2.75) is 20.0 Å². The van der Waals surface area contributed by atoms with Crippen LogP contribution in [0.1, 0.15) is 24.5 Å². The van der Waals surface area contributed by atoms with Gasteiger partial charge in [-0.1, -0.05) is 0 Å². The van der Waals surface area contributed by atoms with Crippen LogP contribution in [0, 0.1) is 6.92 Å². The van der Waals surface area contributed by atoms with E-state index in [1.165, 1.54) is 4.52 Å². The van der Waals surface area contributed by atoms with E-state index in [0.717, 1.165) is 5.69 Å². The third kappa shape index (κ3) is 1.44. The maximum absolute atomic E-state index is 9.30. The number of aryl methyl sites for hydroxylation is 1. The van der Waals surface area contributed by atoms with Crippen molar-refractivity contribution in [2.24, 2.45) is 0 Å². The number of fused-ring (bicyclic) bond motifs is 1. The van der Waals surface area contributed by atoms with Crippen molar-refractivity contribution in [2.75, 3.05) is 0 Å². The van der Waals surface area contributed by atoms with Gasteiger partial charge in [0.25, 0.3) is 0 Å². The Kier molecular flexibility index (Phi) is 2.13. The molecule has 74 valence electrons. The van der Waals surface area contributed by atoms with Crippen molar-refractivity contribution >= 4 is 17.2 Å². The first-order valence-corrected chi connectivity index (χ1v) is 4.53. The Morgan fingerprint density at radius 3 is 2.86 bits per heavy atom. The first-order valence-electron chi connectivity index (χ1n) is 4.16. The molecule has 0 aliphatic rings. The highest BCUT2D eigenvalue weighted by Gasteiger charge is 2.10. The molecule has 2 aromatic heterocycles. The molecule has 0 spiro atoms. The number of aliphatic hydroxyl groups is 1. The summed E-state index contributed by atoms with van der Waals surface area (Å²) in [6.45, 7) is 3.43. The van der Waals surface area contributed by atoms with Gasteiger partial charge in [0, 0.05) is 6.07 Å². The van der Waals surface area contributed by atoms with Gasteiger partial charge in [0.2, 0.25) is 5.28 Å². The van der Waals surface area contributed by atoms with Gasteiger partial charge in [-0.2, -0.15) is 14.6 Å². The Hall–Kier alpha value is -1.20. The molecule has 1 unspecified atom stereocenters. The van der Waals surface area contributed by atoms with Crippen molar-refractivity contribution in [1.82, 2.24) is 19.6 Å². The predicted molar refractivity (Wildman–Crippen MR) is 51.2 cm³/mol. The van der Waals surface area contributed by atoms with Crippen LogP contribution in [-0.4, -0.2) is 24.7 Å². The molecule has 0 saturated heterocycles. The Labute approximate surface area is 85.4 Å². The van der Waals surface area contributed by atoms with Gasteiger partial charge in [0.1, 0.15) is 6.10 Å². The van der Waals surface area contributed by atoms with Gasteiger partial charge in [-0.25, -0.2) is 4.98 Å². The Morgan fingerprint density at radius 2 is 2.21 bits per heavy atom. The lowest BCUT2D eigenvalue weighted by Crippen LogP contribution is -2.04. The van der Waals surface area contributed by atoms with Crippen LogP contribution in [0.15, 0.2) is 6.07 Å². The van der Waals surface area contributed by atoms with Gasteiger partial charge in [-0.15, -0.1) is 0 Å². The van der Waals surface area contributed by atoms with E-state index in [2.05, 4.69) is 15.1 Å². The Bertz CT molecular complexity index is 479. The molecular formula is C8H9ClN4O. The van der Waals surface area contributed by atoms with Crippen LogP contribution in [0.2, 0.25) is 5.28 Å². The molecule has 0 radical (unpaired) electrons. The molecule has 1 N–H and O–H groups in total. The van der Waals surface area contributed by atoms with E-state index in [1.54, 1.807) is 13.0 Å². The summed E-state index contributed by atoms with van der Waals surface area (Å²) in [5, 5.41) is 13.6. The lowest BCUT2D eigenvalue weighted by molar-refractivity contribution is 0.189. The third-order valence-electron chi connectivity index (χ3n) is 1.80. The topological polar surface area (TPSA) is 63.3 Å². The number of aromatic nitrogens is 4. The highest BCUT2D eigenvalue weighted by atomic mass is 35.5. The first-order chi connectivity index (χ1) is 6.58. The quantitative estimate of drug-likeness (QED) is 0.770. The maximum Gasteiger partial charge on any atom is 0.227 e. The van der Waals surface area contributed by atoms with E-state index in [0.29, 0.717) is 11.5 Å². The monoisotopic (exact) mass is 212 g/mol. The summed E-state index contributed by atoms with van der Waals surface area (Å²) in [6.07, 6.45) is -0.729. The molecule has 0 aliphatic carbocycles. The molecule has 2 aromatic rings. The van der Waals surface area contributed by atoms with Gasteiger partial charge in [-0.05, 0) is 25.4 Å². The maximum atomic E-state index is 9.30. The van der Waals surface area contributed by atoms with Gasteiger partial charge in [0.15, 0.2) is 11.5 Å². The van der Waals surface area contributed by atoms with E-state index in [1.807, 2.05) is 6.92 Å². The van der Waals surface area contributed by atoms with Crippen LogP contribution in [0.25, 0.3) is 5.65 Å². The first kappa shape index (κ1) is 9.36. The van der Waals surface area contributed by atoms with Crippen molar-refractivity contribution in [3.8, 4) is 0 Å². The minimum Gasteiger partial charge on any atom is -0.385 e. The average molecular weight is 213 g/mol. The number of hydrogen-bond donors (Lipinski definition) is 1. The summed E-state index contributed by atoms with van der Waals surface area (Å²) < 4.78 is 1.43. The zero-order chi connectivity index (χ0) is 10.3. The van der Waals surface area contributed by atoms with E-state index >= 15 is 0 Å². The Balaban J connectivity index is 2.71. The number of aliphatic hydroxyl groups excluding tert-OH is 1. The van der Waals surface area contributed by atoms with Crippen molar-refractivity contribution in [3.05, 3.63) is 22.9 Å². The molecule has 0 aromatic carbocycles. The number of halogens is 1. The van der Waals surface area contributed by atoms with Crippen molar-refractivity contribution < 1.29 is 5.11 Å². The lowest BCUT2D eigenvalue weighted by atomic mass is 10.4. The molecule has 14 heavy (non-hydrogen) atoms. The molecule has 5 nitrogen and oxygen atoms in total. The van der Waals surface area contributed by atoms with Crippen LogP contribution < -0.4 is 0 Å². The van der Waals surface area contributed by atoms with Crippen molar-refractivity contribution in [1.29, 1.82) is 0 Å². The van der Waals surface area contributed by atoms with E-state index in [-0.39, 0.29) is 5.28 Å². The summed E-state index contributed by atoms with van der Waals surface area (Å²) in [7, 11) is 0. The molecular weight excluding hydrogens is 204 g/mol. The second kappa shape index (κ2) is 3.18. The fraction of sp³-hybridized carbons (Fsp3) is 0.375. The second-order valence-electron chi connectivity index (χ2n) is 3.08. The molecule has 1 atom stereocenters. The highest BCUT2D eigenvalue weighted by molar-refractivity contribution is 6.28. The fourth-order valence-electron chi connectivity index (χ4n) is 1.17. The van der Waals surface area contributed by atoms with Crippen LogP contribution in [0.3, 0.4) is 0 Å². The van der Waals surface area contributed by atoms with Crippen LogP contribution >= 0.6 is 11.6 Å². The van der Waals surface area contributed by atoms with Gasteiger partial charge in [-0.3, -0.25) is 0 Å². The summed E-state index contributed by atoms with van der Waals surface area (Å²) in [5.74, 6) is 0.308. The molecule has 0 amide bonds. The molecule has 2 rings (SSSR count). The summed E-state index contributed by atoms with van der Waals surface area (Å²) in [5.41, 5.74) is 1.40. The molecule has 0 fully saturated rings. The minimum absolute atomic E-state index is 0.207. The summed E-state index contributed by atoms with van der Waals surface area (Å²) in [4.78, 5) is 8.03. The summed E-state index contributed by atoms with van der Waals surface area (Å²) in [6, 6.07) is 1.78. The lowest BCUT2D eigenvalue weighted by Gasteiger charge is -2.03. The standard InChI is InChI=1S/C8H9ClN4O/c1-4-3-6-10-7(5(2)14)11-8(9)13(6)12-4/h3,5,14H,1-2H3. The molecule has 0 saturated carbocycles. The molecule has 6 heteroatoms. The normalized spacial score (nSPS) is 13.4. The zero-order valence-corrected chi connectivity index (χ0v) is 8.52. The Morgan fingerprint density at radius 1 is 1.50 bits per heavy atom.